The maximum Gasteiger partial charge on any atom is 0.0509 e. The van der Waals surface area contributed by atoms with E-state index < -0.39 is 8.07 Å². The van der Waals surface area contributed by atoms with Gasteiger partial charge in [-0.2, -0.15) is 0 Å². The Morgan fingerprint density at radius 2 is 1.75 bits per heavy atom. The largest absolute Gasteiger partial charge is 0.103 e. The second-order valence-corrected chi connectivity index (χ2v) is 9.03. The van der Waals surface area contributed by atoms with Crippen molar-refractivity contribution in [2.45, 2.75) is 32.1 Å². The lowest BCUT2D eigenvalue weighted by Crippen LogP contribution is -2.24. The minimum Gasteiger partial charge on any atom is -0.103 e. The Balaban J connectivity index is 3.80. The van der Waals surface area contributed by atoms with Gasteiger partial charge in [-0.05, 0) is 5.54 Å². The molecular formula is C7H16Si. The maximum atomic E-state index is 3.76. The fraction of sp³-hybridized carbons (Fsp3) is 0.714. The summed E-state index contributed by atoms with van der Waals surface area (Å²) in [7, 11) is -0.879. The van der Waals surface area contributed by atoms with Crippen LogP contribution in [0.5, 0.6) is 0 Å². The molecule has 0 aromatic carbocycles. The first kappa shape index (κ1) is 7.96. The van der Waals surface area contributed by atoms with Gasteiger partial charge in [0.1, 0.15) is 0 Å². The number of hydrogen-bond acceptors (Lipinski definition) is 0. The average Bonchev–Trinajstić information content (AvgIpc) is 1.62. The van der Waals surface area contributed by atoms with Crippen LogP contribution in [-0.4, -0.2) is 8.07 Å². The summed E-state index contributed by atoms with van der Waals surface area (Å²) in [6, 6.07) is 0. The molecule has 0 heterocycles. The summed E-state index contributed by atoms with van der Waals surface area (Å²) in [5.74, 6) is 0. The molecule has 0 aromatic heterocycles. The molecule has 1 unspecified atom stereocenters. The van der Waals surface area contributed by atoms with Crippen molar-refractivity contribution in [3.63, 3.8) is 0 Å². The molecule has 0 nitrogen and oxygen atoms in total. The van der Waals surface area contributed by atoms with Crippen LogP contribution in [0.1, 0.15) is 6.92 Å². The molecule has 0 amide bonds. The fourth-order valence-electron chi connectivity index (χ4n) is 0.354. The van der Waals surface area contributed by atoms with Crippen molar-refractivity contribution in [3.05, 3.63) is 12.7 Å². The minimum atomic E-state index is -0.879. The molecule has 0 saturated carbocycles. The molecule has 1 atom stereocenters. The van der Waals surface area contributed by atoms with Gasteiger partial charge < -0.3 is 0 Å². The standard InChI is InChI=1S/C7H16Si/c1-6-7(2)8(3,4)5/h6-7H,1H2,2-5H3. The van der Waals surface area contributed by atoms with Gasteiger partial charge in [-0.15, -0.1) is 6.58 Å². The van der Waals surface area contributed by atoms with Crippen molar-refractivity contribution >= 4 is 8.07 Å². The van der Waals surface area contributed by atoms with Gasteiger partial charge in [-0.3, -0.25) is 0 Å². The molecule has 0 radical (unpaired) electrons. The Labute approximate surface area is 53.6 Å². The van der Waals surface area contributed by atoms with Crippen molar-refractivity contribution in [2.24, 2.45) is 0 Å². The lowest BCUT2D eigenvalue weighted by atomic mass is 10.5. The Morgan fingerprint density at radius 1 is 1.38 bits per heavy atom. The monoisotopic (exact) mass is 128 g/mol. The lowest BCUT2D eigenvalue weighted by Gasteiger charge is -2.20. The first-order valence-electron chi connectivity index (χ1n) is 3.11. The van der Waals surface area contributed by atoms with Gasteiger partial charge in [0.25, 0.3) is 0 Å². The molecule has 8 heavy (non-hydrogen) atoms. The van der Waals surface area contributed by atoms with E-state index in [2.05, 4.69) is 39.2 Å². The molecule has 0 fully saturated rings. The van der Waals surface area contributed by atoms with Gasteiger partial charge in [-0.1, -0.05) is 32.6 Å². The quantitative estimate of drug-likeness (QED) is 0.396. The predicted octanol–water partition coefficient (Wildman–Crippen LogP) is 2.90. The molecule has 0 aliphatic carbocycles. The summed E-state index contributed by atoms with van der Waals surface area (Å²) in [6.07, 6.45) is 2.06. The molecule has 0 rings (SSSR count). The summed E-state index contributed by atoms with van der Waals surface area (Å²) in [4.78, 5) is 0. The van der Waals surface area contributed by atoms with Crippen molar-refractivity contribution < 1.29 is 0 Å². The van der Waals surface area contributed by atoms with E-state index in [4.69, 9.17) is 0 Å². The van der Waals surface area contributed by atoms with Gasteiger partial charge in [-0.25, -0.2) is 0 Å². The summed E-state index contributed by atoms with van der Waals surface area (Å²) < 4.78 is 0. The lowest BCUT2D eigenvalue weighted by molar-refractivity contribution is 1.13. The smallest absolute Gasteiger partial charge is 0.0509 e. The molecule has 1 heteroatoms. The Bertz CT molecular complexity index is 78.9. The number of rotatable bonds is 2. The summed E-state index contributed by atoms with van der Waals surface area (Å²) in [5, 5.41) is 0. The topological polar surface area (TPSA) is 0 Å². The normalized spacial score (nSPS) is 15.5. The average molecular weight is 128 g/mol. The second-order valence-electron chi connectivity index (χ2n) is 3.39. The molecular weight excluding hydrogens is 112 g/mol. The third kappa shape index (κ3) is 2.31. The van der Waals surface area contributed by atoms with Crippen molar-refractivity contribution in [1.29, 1.82) is 0 Å². The van der Waals surface area contributed by atoms with Crippen molar-refractivity contribution in [3.8, 4) is 0 Å². The molecule has 0 aromatic rings. The second kappa shape index (κ2) is 2.49. The first-order chi connectivity index (χ1) is 3.48. The van der Waals surface area contributed by atoms with Crippen LogP contribution in [0.3, 0.4) is 0 Å². The Kier molecular flexibility index (Phi) is 2.48. The maximum absolute atomic E-state index is 3.76. The van der Waals surface area contributed by atoms with Crippen molar-refractivity contribution in [1.82, 2.24) is 0 Å². The van der Waals surface area contributed by atoms with Gasteiger partial charge in [0.2, 0.25) is 0 Å². The number of hydrogen-bond donors (Lipinski definition) is 0. The van der Waals surface area contributed by atoms with E-state index in [1.54, 1.807) is 0 Å². The molecule has 0 saturated heterocycles. The van der Waals surface area contributed by atoms with E-state index in [0.29, 0.717) is 0 Å². The highest BCUT2D eigenvalue weighted by atomic mass is 28.3. The van der Waals surface area contributed by atoms with Gasteiger partial charge in [0.15, 0.2) is 0 Å². The summed E-state index contributed by atoms with van der Waals surface area (Å²) >= 11 is 0. The third-order valence-electron chi connectivity index (χ3n) is 1.72. The highest BCUT2D eigenvalue weighted by molar-refractivity contribution is 6.77. The van der Waals surface area contributed by atoms with Crippen LogP contribution in [0.25, 0.3) is 0 Å². The third-order valence-corrected chi connectivity index (χ3v) is 4.69. The van der Waals surface area contributed by atoms with Crippen LogP contribution in [-0.2, 0) is 0 Å². The zero-order valence-electron chi connectivity index (χ0n) is 6.36. The van der Waals surface area contributed by atoms with E-state index in [9.17, 15) is 0 Å². The molecule has 0 aliphatic heterocycles. The van der Waals surface area contributed by atoms with E-state index in [-0.39, 0.29) is 0 Å². The van der Waals surface area contributed by atoms with Crippen LogP contribution in [0, 0.1) is 0 Å². The van der Waals surface area contributed by atoms with Crippen LogP contribution >= 0.6 is 0 Å². The molecule has 0 N–H and O–H groups in total. The van der Waals surface area contributed by atoms with E-state index in [0.717, 1.165) is 5.54 Å². The van der Waals surface area contributed by atoms with Crippen LogP contribution in [0.2, 0.25) is 25.2 Å². The van der Waals surface area contributed by atoms with Crippen LogP contribution in [0.15, 0.2) is 12.7 Å². The van der Waals surface area contributed by atoms with Gasteiger partial charge >= 0.3 is 0 Å². The minimum absolute atomic E-state index is 0.752. The zero-order valence-corrected chi connectivity index (χ0v) is 7.36. The van der Waals surface area contributed by atoms with Gasteiger partial charge in [0, 0.05) is 0 Å². The summed E-state index contributed by atoms with van der Waals surface area (Å²) in [6.45, 7) is 13.1. The fourth-order valence-corrected chi connectivity index (χ4v) is 1.06. The molecule has 0 spiro atoms. The summed E-state index contributed by atoms with van der Waals surface area (Å²) in [5.41, 5.74) is 0.752. The van der Waals surface area contributed by atoms with E-state index >= 15 is 0 Å². The molecule has 0 bridgehead atoms. The molecule has 0 aliphatic rings. The Hall–Kier alpha value is -0.0431. The van der Waals surface area contributed by atoms with Crippen LogP contribution in [0.4, 0.5) is 0 Å². The highest BCUT2D eigenvalue weighted by Crippen LogP contribution is 2.20. The zero-order chi connectivity index (χ0) is 6.78. The Morgan fingerprint density at radius 3 is 1.75 bits per heavy atom. The number of allylic oxidation sites excluding steroid dienone is 1. The SMILES string of the molecule is C=CC(C)[Si](C)(C)C. The molecule has 48 valence electrons. The van der Waals surface area contributed by atoms with E-state index in [1.807, 2.05) is 0 Å². The highest BCUT2D eigenvalue weighted by Gasteiger charge is 2.18. The van der Waals surface area contributed by atoms with E-state index in [1.165, 1.54) is 0 Å². The van der Waals surface area contributed by atoms with Gasteiger partial charge in [0.05, 0.1) is 8.07 Å². The first-order valence-corrected chi connectivity index (χ1v) is 6.68. The van der Waals surface area contributed by atoms with Crippen molar-refractivity contribution in [2.75, 3.05) is 0 Å². The van der Waals surface area contributed by atoms with Crippen LogP contribution < -0.4 is 0 Å². The predicted molar refractivity (Wildman–Crippen MR) is 43.0 cm³/mol.